The minimum absolute atomic E-state index is 0.166. The van der Waals surface area contributed by atoms with Crippen LogP contribution in [0.25, 0.3) is 0 Å². The van der Waals surface area contributed by atoms with Crippen LogP contribution in [-0.2, 0) is 11.2 Å². The second-order valence-corrected chi connectivity index (χ2v) is 5.44. The third kappa shape index (κ3) is 2.79. The standard InChI is InChI=1S/C11H19N3OS/c1-7-13-9(6-16-7)5-10(14-12)11(15-2)8-3-4-8/h6,8,10-11,14H,3-5,12H2,1-2H3. The maximum absolute atomic E-state index is 5.62. The van der Waals surface area contributed by atoms with Gasteiger partial charge in [-0.1, -0.05) is 0 Å². The predicted octanol–water partition coefficient (Wildman–Crippen LogP) is 1.25. The fourth-order valence-electron chi connectivity index (χ4n) is 2.11. The van der Waals surface area contributed by atoms with Gasteiger partial charge in [0.2, 0.25) is 0 Å². The van der Waals surface area contributed by atoms with Crippen LogP contribution in [0.4, 0.5) is 0 Å². The molecule has 2 rings (SSSR count). The predicted molar refractivity (Wildman–Crippen MR) is 65.2 cm³/mol. The van der Waals surface area contributed by atoms with Gasteiger partial charge < -0.3 is 4.74 Å². The van der Waals surface area contributed by atoms with Gasteiger partial charge in [-0.05, 0) is 25.7 Å². The fraction of sp³-hybridized carbons (Fsp3) is 0.727. The molecule has 1 saturated carbocycles. The molecule has 2 atom stereocenters. The molecule has 4 nitrogen and oxygen atoms in total. The number of ether oxygens (including phenoxy) is 1. The van der Waals surface area contributed by atoms with E-state index in [1.165, 1.54) is 12.8 Å². The molecule has 0 spiro atoms. The van der Waals surface area contributed by atoms with E-state index in [0.29, 0.717) is 5.92 Å². The Morgan fingerprint density at radius 2 is 2.44 bits per heavy atom. The average molecular weight is 241 g/mol. The number of aryl methyl sites for hydroxylation is 1. The molecule has 0 aliphatic heterocycles. The van der Waals surface area contributed by atoms with E-state index in [1.54, 1.807) is 18.4 Å². The first-order valence-corrected chi connectivity index (χ1v) is 6.52. The van der Waals surface area contributed by atoms with Crippen LogP contribution in [0.3, 0.4) is 0 Å². The number of nitrogens with one attached hydrogen (secondary N) is 1. The van der Waals surface area contributed by atoms with Crippen molar-refractivity contribution in [3.8, 4) is 0 Å². The number of thiazole rings is 1. The van der Waals surface area contributed by atoms with E-state index in [9.17, 15) is 0 Å². The zero-order valence-corrected chi connectivity index (χ0v) is 10.6. The molecule has 1 heterocycles. The molecule has 0 radical (unpaired) electrons. The summed E-state index contributed by atoms with van der Waals surface area (Å²) >= 11 is 1.68. The van der Waals surface area contributed by atoms with Crippen molar-refractivity contribution in [1.29, 1.82) is 0 Å². The lowest BCUT2D eigenvalue weighted by Crippen LogP contribution is -2.47. The number of nitrogens with zero attached hydrogens (tertiary/aromatic N) is 1. The van der Waals surface area contributed by atoms with Crippen LogP contribution in [0.2, 0.25) is 0 Å². The lowest BCUT2D eigenvalue weighted by molar-refractivity contribution is 0.0508. The maximum Gasteiger partial charge on any atom is 0.0897 e. The van der Waals surface area contributed by atoms with Gasteiger partial charge in [-0.2, -0.15) is 0 Å². The van der Waals surface area contributed by atoms with Crippen molar-refractivity contribution < 1.29 is 4.74 Å². The summed E-state index contributed by atoms with van der Waals surface area (Å²) in [6.07, 6.45) is 3.57. The van der Waals surface area contributed by atoms with Crippen LogP contribution in [-0.4, -0.2) is 24.2 Å². The van der Waals surface area contributed by atoms with Gasteiger partial charge in [0.05, 0.1) is 22.8 Å². The van der Waals surface area contributed by atoms with Gasteiger partial charge >= 0.3 is 0 Å². The SMILES string of the molecule is COC(C1CC1)C(Cc1csc(C)n1)NN. The lowest BCUT2D eigenvalue weighted by atomic mass is 10.0. The van der Waals surface area contributed by atoms with Crippen molar-refractivity contribution in [1.82, 2.24) is 10.4 Å². The molecular weight excluding hydrogens is 222 g/mol. The quantitative estimate of drug-likeness (QED) is 0.581. The minimum Gasteiger partial charge on any atom is -0.379 e. The number of aromatic nitrogens is 1. The van der Waals surface area contributed by atoms with Crippen LogP contribution in [0, 0.1) is 12.8 Å². The second kappa shape index (κ2) is 5.23. The van der Waals surface area contributed by atoms with Crippen molar-refractivity contribution in [3.05, 3.63) is 16.1 Å². The molecule has 0 bridgehead atoms. The van der Waals surface area contributed by atoms with E-state index in [2.05, 4.69) is 15.8 Å². The topological polar surface area (TPSA) is 60.2 Å². The van der Waals surface area contributed by atoms with Crippen molar-refractivity contribution >= 4 is 11.3 Å². The highest BCUT2D eigenvalue weighted by Gasteiger charge is 2.36. The molecular formula is C11H19N3OS. The van der Waals surface area contributed by atoms with Gasteiger partial charge in [0.25, 0.3) is 0 Å². The van der Waals surface area contributed by atoms with E-state index in [1.807, 2.05) is 6.92 Å². The molecule has 3 N–H and O–H groups in total. The molecule has 1 aliphatic rings. The number of nitrogens with two attached hydrogens (primary N) is 1. The zero-order valence-electron chi connectivity index (χ0n) is 9.77. The molecule has 1 aromatic heterocycles. The van der Waals surface area contributed by atoms with Gasteiger partial charge in [-0.3, -0.25) is 11.3 Å². The van der Waals surface area contributed by atoms with Crippen LogP contribution in [0.1, 0.15) is 23.5 Å². The molecule has 2 unspecified atom stereocenters. The van der Waals surface area contributed by atoms with Crippen LogP contribution in [0.5, 0.6) is 0 Å². The van der Waals surface area contributed by atoms with Crippen molar-refractivity contribution in [3.63, 3.8) is 0 Å². The minimum atomic E-state index is 0.166. The molecule has 1 aliphatic carbocycles. The fourth-order valence-corrected chi connectivity index (χ4v) is 2.73. The van der Waals surface area contributed by atoms with Crippen LogP contribution >= 0.6 is 11.3 Å². The van der Waals surface area contributed by atoms with Gasteiger partial charge in [0.1, 0.15) is 0 Å². The summed E-state index contributed by atoms with van der Waals surface area (Å²) in [6.45, 7) is 2.02. The molecule has 90 valence electrons. The highest BCUT2D eigenvalue weighted by molar-refractivity contribution is 7.09. The van der Waals surface area contributed by atoms with E-state index in [-0.39, 0.29) is 12.1 Å². The molecule has 1 fully saturated rings. The highest BCUT2D eigenvalue weighted by atomic mass is 32.1. The summed E-state index contributed by atoms with van der Waals surface area (Å²) in [6, 6.07) is 0.166. The summed E-state index contributed by atoms with van der Waals surface area (Å²) in [7, 11) is 1.76. The number of methoxy groups -OCH3 is 1. The van der Waals surface area contributed by atoms with Gasteiger partial charge in [0, 0.05) is 18.9 Å². The van der Waals surface area contributed by atoms with Gasteiger partial charge in [0.15, 0.2) is 0 Å². The Hall–Kier alpha value is -0.490. The molecule has 0 saturated heterocycles. The average Bonchev–Trinajstić information content (AvgIpc) is 3.02. The number of hydrazine groups is 1. The summed E-state index contributed by atoms with van der Waals surface area (Å²) in [5.41, 5.74) is 3.98. The van der Waals surface area contributed by atoms with Crippen LogP contribution in [0.15, 0.2) is 5.38 Å². The Labute approximate surface area is 100 Å². The first-order valence-electron chi connectivity index (χ1n) is 5.64. The third-order valence-corrected chi connectivity index (χ3v) is 3.89. The molecule has 1 aromatic rings. The highest BCUT2D eigenvalue weighted by Crippen LogP contribution is 2.36. The monoisotopic (exact) mass is 241 g/mol. The Morgan fingerprint density at radius 1 is 1.69 bits per heavy atom. The van der Waals surface area contributed by atoms with E-state index in [0.717, 1.165) is 17.1 Å². The van der Waals surface area contributed by atoms with E-state index in [4.69, 9.17) is 10.6 Å². The maximum atomic E-state index is 5.62. The van der Waals surface area contributed by atoms with E-state index >= 15 is 0 Å². The van der Waals surface area contributed by atoms with E-state index < -0.39 is 0 Å². The van der Waals surface area contributed by atoms with Crippen molar-refractivity contribution in [2.75, 3.05) is 7.11 Å². The number of rotatable bonds is 6. The molecule has 5 heteroatoms. The summed E-state index contributed by atoms with van der Waals surface area (Å²) < 4.78 is 5.54. The van der Waals surface area contributed by atoms with Gasteiger partial charge in [-0.25, -0.2) is 4.98 Å². The largest absolute Gasteiger partial charge is 0.379 e. The van der Waals surface area contributed by atoms with Crippen molar-refractivity contribution in [2.45, 2.75) is 38.3 Å². The Bertz CT molecular complexity index is 338. The lowest BCUT2D eigenvalue weighted by Gasteiger charge is -2.24. The first-order chi connectivity index (χ1) is 7.74. The molecule has 0 amide bonds. The molecule has 0 aromatic carbocycles. The Morgan fingerprint density at radius 3 is 2.88 bits per heavy atom. The number of hydrogen-bond acceptors (Lipinski definition) is 5. The summed E-state index contributed by atoms with van der Waals surface area (Å²) in [5.74, 6) is 6.29. The smallest absolute Gasteiger partial charge is 0.0897 e. The normalized spacial score (nSPS) is 19.7. The van der Waals surface area contributed by atoms with Crippen LogP contribution < -0.4 is 11.3 Å². The second-order valence-electron chi connectivity index (χ2n) is 4.37. The Kier molecular flexibility index (Phi) is 3.91. The summed E-state index contributed by atoms with van der Waals surface area (Å²) in [5, 5.41) is 3.20. The zero-order chi connectivity index (χ0) is 11.5. The van der Waals surface area contributed by atoms with Gasteiger partial charge in [-0.15, -0.1) is 11.3 Å². The summed E-state index contributed by atoms with van der Waals surface area (Å²) in [4.78, 5) is 4.46. The Balaban J connectivity index is 1.98. The first kappa shape index (κ1) is 12.0. The third-order valence-electron chi connectivity index (χ3n) is 3.07. The van der Waals surface area contributed by atoms with Crippen molar-refractivity contribution in [2.24, 2.45) is 11.8 Å². The number of hydrogen-bond donors (Lipinski definition) is 2. The molecule has 16 heavy (non-hydrogen) atoms.